The van der Waals surface area contributed by atoms with Crippen molar-refractivity contribution in [3.63, 3.8) is 0 Å². The third-order valence-electron chi connectivity index (χ3n) is 3.99. The lowest BCUT2D eigenvalue weighted by Crippen LogP contribution is -2.09. The van der Waals surface area contributed by atoms with Crippen LogP contribution < -0.4 is 0 Å². The van der Waals surface area contributed by atoms with Crippen LogP contribution in [0.25, 0.3) is 16.6 Å². The molecule has 1 aromatic heterocycles. The van der Waals surface area contributed by atoms with Crippen molar-refractivity contribution in [2.45, 2.75) is 30.9 Å². The summed E-state index contributed by atoms with van der Waals surface area (Å²) >= 11 is 1.71. The van der Waals surface area contributed by atoms with Gasteiger partial charge in [0.15, 0.2) is 0 Å². The quantitative estimate of drug-likeness (QED) is 0.822. The first-order chi connectivity index (χ1) is 9.33. The maximum atomic E-state index is 8.26. The van der Waals surface area contributed by atoms with Gasteiger partial charge in [-0.2, -0.15) is 0 Å². The Morgan fingerprint density at radius 2 is 2.16 bits per heavy atom. The summed E-state index contributed by atoms with van der Waals surface area (Å²) in [6, 6.07) is 8.08. The number of H-pyrrole nitrogens is 1. The van der Waals surface area contributed by atoms with Gasteiger partial charge < -0.3 is 4.98 Å². The van der Waals surface area contributed by atoms with Crippen LogP contribution in [-0.2, 0) is 0 Å². The molecule has 0 saturated heterocycles. The molecule has 1 atom stereocenters. The van der Waals surface area contributed by atoms with Crippen molar-refractivity contribution >= 4 is 33.4 Å². The zero-order chi connectivity index (χ0) is 12.8. The molecule has 1 unspecified atom stereocenters. The molecule has 0 spiro atoms. The van der Waals surface area contributed by atoms with Gasteiger partial charge in [-0.05, 0) is 37.0 Å². The fourth-order valence-corrected chi connectivity index (χ4v) is 4.37. The highest BCUT2D eigenvalue weighted by atomic mass is 32.2. The third kappa shape index (κ3) is 1.74. The second-order valence-electron chi connectivity index (χ2n) is 5.18. The number of nitrogens with one attached hydrogen (secondary N) is 2. The molecular formula is C15H15N3S. The maximum absolute atomic E-state index is 8.26. The molecule has 2 aromatic rings. The van der Waals surface area contributed by atoms with E-state index in [1.807, 2.05) is 24.3 Å². The molecule has 2 aliphatic rings. The summed E-state index contributed by atoms with van der Waals surface area (Å²) in [7, 11) is 0. The van der Waals surface area contributed by atoms with Crippen LogP contribution >= 0.6 is 11.8 Å². The highest BCUT2D eigenvalue weighted by Gasteiger charge is 2.34. The Hall–Kier alpha value is -1.55. The molecule has 1 aromatic carbocycles. The van der Waals surface area contributed by atoms with E-state index in [4.69, 9.17) is 5.41 Å². The number of imidazole rings is 1. The lowest BCUT2D eigenvalue weighted by atomic mass is 9.91. The second kappa shape index (κ2) is 4.23. The maximum Gasteiger partial charge on any atom is 0.141 e. The van der Waals surface area contributed by atoms with Gasteiger partial charge in [-0.15, -0.1) is 0 Å². The molecule has 1 aliphatic carbocycles. The summed E-state index contributed by atoms with van der Waals surface area (Å²) in [4.78, 5) is 8.05. The lowest BCUT2D eigenvalue weighted by molar-refractivity contribution is 0.614. The van der Waals surface area contributed by atoms with Crippen molar-refractivity contribution in [2.24, 2.45) is 0 Å². The molecule has 96 valence electrons. The van der Waals surface area contributed by atoms with Gasteiger partial charge in [0.25, 0.3) is 0 Å². The van der Waals surface area contributed by atoms with Crippen molar-refractivity contribution in [3.8, 4) is 0 Å². The summed E-state index contributed by atoms with van der Waals surface area (Å²) in [6.07, 6.45) is 4.89. The molecule has 4 rings (SSSR count). The van der Waals surface area contributed by atoms with Crippen LogP contribution in [0.4, 0.5) is 0 Å². The topological polar surface area (TPSA) is 52.5 Å². The van der Waals surface area contributed by atoms with Gasteiger partial charge in [0, 0.05) is 10.8 Å². The van der Waals surface area contributed by atoms with E-state index in [1.165, 1.54) is 24.8 Å². The van der Waals surface area contributed by atoms with E-state index in [2.05, 4.69) is 9.97 Å². The molecule has 0 radical (unpaired) electrons. The molecule has 1 aliphatic heterocycles. The van der Waals surface area contributed by atoms with Crippen LogP contribution in [0.3, 0.4) is 0 Å². The zero-order valence-corrected chi connectivity index (χ0v) is 11.4. The molecular weight excluding hydrogens is 254 g/mol. The van der Waals surface area contributed by atoms with Crippen molar-refractivity contribution in [2.75, 3.05) is 0 Å². The number of benzene rings is 1. The summed E-state index contributed by atoms with van der Waals surface area (Å²) in [5.74, 6) is 0.887. The van der Waals surface area contributed by atoms with Crippen LogP contribution in [0, 0.1) is 5.41 Å². The van der Waals surface area contributed by atoms with Crippen LogP contribution in [0.5, 0.6) is 0 Å². The van der Waals surface area contributed by atoms with Gasteiger partial charge in [0.05, 0.1) is 16.1 Å². The monoisotopic (exact) mass is 269 g/mol. The fraction of sp³-hybridized carbons (Fsp3) is 0.333. The summed E-state index contributed by atoms with van der Waals surface area (Å²) in [6.45, 7) is 0. The summed E-state index contributed by atoms with van der Waals surface area (Å²) < 4.78 is 0. The Kier molecular flexibility index (Phi) is 2.52. The lowest BCUT2D eigenvalue weighted by Gasteiger charge is -2.19. The van der Waals surface area contributed by atoms with Crippen LogP contribution in [0.2, 0.25) is 0 Å². The largest absolute Gasteiger partial charge is 0.338 e. The van der Waals surface area contributed by atoms with E-state index >= 15 is 0 Å². The Labute approximate surface area is 116 Å². The van der Waals surface area contributed by atoms with Crippen LogP contribution in [-0.4, -0.2) is 20.3 Å². The van der Waals surface area contributed by atoms with Crippen LogP contribution in [0.15, 0.2) is 29.8 Å². The van der Waals surface area contributed by atoms with Gasteiger partial charge in [0.1, 0.15) is 5.82 Å². The number of rotatable bonds is 1. The zero-order valence-electron chi connectivity index (χ0n) is 10.6. The first-order valence-corrected chi connectivity index (χ1v) is 7.64. The molecule has 0 bridgehead atoms. The Balaban J connectivity index is 1.87. The third-order valence-corrected chi connectivity index (χ3v) is 5.23. The van der Waals surface area contributed by atoms with E-state index in [0.29, 0.717) is 10.3 Å². The summed E-state index contributed by atoms with van der Waals surface area (Å²) in [5.41, 5.74) is 4.57. The van der Waals surface area contributed by atoms with Gasteiger partial charge in [-0.25, -0.2) is 4.98 Å². The van der Waals surface area contributed by atoms with Gasteiger partial charge in [-0.3, -0.25) is 5.41 Å². The summed E-state index contributed by atoms with van der Waals surface area (Å²) in [5, 5.41) is 9.48. The van der Waals surface area contributed by atoms with E-state index in [9.17, 15) is 0 Å². The second-order valence-corrected chi connectivity index (χ2v) is 6.40. The number of aromatic amines is 1. The molecule has 19 heavy (non-hydrogen) atoms. The fourth-order valence-electron chi connectivity index (χ4n) is 3.07. The van der Waals surface area contributed by atoms with E-state index in [-0.39, 0.29) is 0 Å². The number of aromatic nitrogens is 2. The number of nitrogens with zero attached hydrogens (tertiary/aromatic N) is 1. The predicted octanol–water partition coefficient (Wildman–Crippen LogP) is 3.98. The molecule has 2 heterocycles. The Morgan fingerprint density at radius 1 is 1.26 bits per heavy atom. The Bertz CT molecular complexity index is 665. The van der Waals surface area contributed by atoms with Crippen LogP contribution in [0.1, 0.15) is 31.5 Å². The SMILES string of the molecule is N=C1SC2CCCCC2=C1c1nc2ccccc2[nH]1. The molecule has 3 nitrogen and oxygen atoms in total. The predicted molar refractivity (Wildman–Crippen MR) is 80.6 cm³/mol. The number of hydrogen-bond donors (Lipinski definition) is 2. The van der Waals surface area contributed by atoms with Crippen molar-refractivity contribution in [1.29, 1.82) is 5.41 Å². The number of fused-ring (bicyclic) bond motifs is 2. The average molecular weight is 269 g/mol. The first-order valence-electron chi connectivity index (χ1n) is 6.76. The van der Waals surface area contributed by atoms with E-state index in [1.54, 1.807) is 11.8 Å². The molecule has 0 amide bonds. The minimum atomic E-state index is 0.532. The number of thioether (sulfide) groups is 1. The highest BCUT2D eigenvalue weighted by molar-refractivity contribution is 8.16. The van der Waals surface area contributed by atoms with Crippen molar-refractivity contribution in [1.82, 2.24) is 9.97 Å². The Morgan fingerprint density at radius 3 is 3.05 bits per heavy atom. The van der Waals surface area contributed by atoms with Crippen molar-refractivity contribution in [3.05, 3.63) is 35.7 Å². The van der Waals surface area contributed by atoms with E-state index in [0.717, 1.165) is 28.9 Å². The number of hydrogen-bond acceptors (Lipinski definition) is 3. The molecule has 2 N–H and O–H groups in total. The molecule has 1 saturated carbocycles. The standard InChI is InChI=1S/C15H15N3S/c16-14-13(9-5-1-4-8-12(9)19-14)15-17-10-6-2-3-7-11(10)18-15/h2-3,6-7,12,16H,1,4-5,8H2,(H,17,18). The van der Waals surface area contributed by atoms with Crippen molar-refractivity contribution < 1.29 is 0 Å². The normalized spacial score (nSPS) is 23.2. The minimum Gasteiger partial charge on any atom is -0.338 e. The smallest absolute Gasteiger partial charge is 0.141 e. The first kappa shape index (κ1) is 11.3. The minimum absolute atomic E-state index is 0.532. The van der Waals surface area contributed by atoms with Gasteiger partial charge in [-0.1, -0.05) is 30.3 Å². The van der Waals surface area contributed by atoms with Gasteiger partial charge >= 0.3 is 0 Å². The molecule has 4 heteroatoms. The average Bonchev–Trinajstić information content (AvgIpc) is 2.97. The number of para-hydroxylation sites is 2. The van der Waals surface area contributed by atoms with Gasteiger partial charge in [0.2, 0.25) is 0 Å². The van der Waals surface area contributed by atoms with E-state index < -0.39 is 0 Å². The highest BCUT2D eigenvalue weighted by Crippen LogP contribution is 2.45. The molecule has 1 fully saturated rings.